The van der Waals surface area contributed by atoms with Crippen LogP contribution in [0.25, 0.3) is 0 Å². The monoisotopic (exact) mass is 361 g/mol. The van der Waals surface area contributed by atoms with Gasteiger partial charge in [-0.15, -0.1) is 0 Å². The normalized spacial score (nSPS) is 43.9. The summed E-state index contributed by atoms with van der Waals surface area (Å²) in [6.07, 6.45) is 13.2. The third-order valence-electron chi connectivity index (χ3n) is 7.14. The molecule has 3 saturated heterocycles. The third-order valence-corrected chi connectivity index (χ3v) is 7.14. The second-order valence-electron chi connectivity index (χ2n) is 9.22. The Balaban J connectivity index is 1.49. The summed E-state index contributed by atoms with van der Waals surface area (Å²) in [6.45, 7) is 7.58. The summed E-state index contributed by atoms with van der Waals surface area (Å²) in [4.78, 5) is 15.3. The van der Waals surface area contributed by atoms with Gasteiger partial charge in [0.05, 0.1) is 11.5 Å². The lowest BCUT2D eigenvalue weighted by Gasteiger charge is -2.29. The van der Waals surface area contributed by atoms with Crippen LogP contribution in [0.1, 0.15) is 71.6 Å². The first-order valence-electron chi connectivity index (χ1n) is 10.8. The van der Waals surface area contributed by atoms with E-state index in [1.165, 1.54) is 37.7 Å². The van der Waals surface area contributed by atoms with Crippen molar-refractivity contribution in [2.75, 3.05) is 19.6 Å². The van der Waals surface area contributed by atoms with Crippen molar-refractivity contribution in [2.24, 2.45) is 11.8 Å². The van der Waals surface area contributed by atoms with Gasteiger partial charge < -0.3 is 14.4 Å². The highest BCUT2D eigenvalue weighted by Gasteiger charge is 2.62. The van der Waals surface area contributed by atoms with Gasteiger partial charge in [-0.2, -0.15) is 0 Å². The maximum Gasteiger partial charge on any atom is 0.311 e. The van der Waals surface area contributed by atoms with Crippen molar-refractivity contribution in [3.05, 3.63) is 11.6 Å². The first-order chi connectivity index (χ1) is 12.6. The molecular formula is C22H35NO3. The fourth-order valence-electron chi connectivity index (χ4n) is 5.32. The molecule has 0 N–H and O–H groups in total. The molecule has 4 nitrogen and oxygen atoms in total. The highest BCUT2D eigenvalue weighted by molar-refractivity contribution is 5.75. The second-order valence-corrected chi connectivity index (χ2v) is 9.22. The van der Waals surface area contributed by atoms with Crippen molar-refractivity contribution < 1.29 is 14.3 Å². The van der Waals surface area contributed by atoms with E-state index in [0.717, 1.165) is 45.3 Å². The number of carbonyl (C=O) groups excluding carboxylic acids is 1. The van der Waals surface area contributed by atoms with Crippen molar-refractivity contribution in [1.29, 1.82) is 0 Å². The van der Waals surface area contributed by atoms with Crippen LogP contribution in [0, 0.1) is 11.8 Å². The van der Waals surface area contributed by atoms with E-state index in [0.29, 0.717) is 5.92 Å². The Morgan fingerprint density at radius 3 is 2.69 bits per heavy atom. The number of hydrogen-bond donors (Lipinski definition) is 0. The summed E-state index contributed by atoms with van der Waals surface area (Å²) in [5.74, 6) is 0.363. The molecule has 0 amide bonds. The Morgan fingerprint density at radius 1 is 1.19 bits per heavy atom. The number of esters is 1. The average Bonchev–Trinajstić information content (AvgIpc) is 3.14. The quantitative estimate of drug-likeness (QED) is 0.422. The summed E-state index contributed by atoms with van der Waals surface area (Å²) >= 11 is 0. The molecular weight excluding hydrogens is 326 g/mol. The van der Waals surface area contributed by atoms with Gasteiger partial charge in [0.1, 0.15) is 12.2 Å². The first-order valence-corrected chi connectivity index (χ1v) is 10.8. The van der Waals surface area contributed by atoms with Crippen LogP contribution >= 0.6 is 0 Å². The highest BCUT2D eigenvalue weighted by atomic mass is 16.6. The Hall–Kier alpha value is -0.870. The molecule has 0 aromatic carbocycles. The van der Waals surface area contributed by atoms with E-state index in [9.17, 15) is 4.79 Å². The van der Waals surface area contributed by atoms with Crippen LogP contribution in [0.5, 0.6) is 0 Å². The minimum atomic E-state index is -0.0905. The molecule has 4 heteroatoms. The number of rotatable bonds is 2. The molecule has 0 spiro atoms. The molecule has 26 heavy (non-hydrogen) atoms. The second kappa shape index (κ2) is 7.63. The SMILES string of the molecule is C/C1=C\CC[C@@]2(C)OC2C2OC(=O)[C@@H](CN3CCCCCCC3)C2CC1. The number of fused-ring (bicyclic) bond motifs is 3. The predicted molar refractivity (Wildman–Crippen MR) is 102 cm³/mol. The number of hydrogen-bond acceptors (Lipinski definition) is 4. The average molecular weight is 362 g/mol. The molecule has 3 fully saturated rings. The van der Waals surface area contributed by atoms with E-state index in [4.69, 9.17) is 9.47 Å². The molecule has 4 rings (SSSR count). The molecule has 5 atom stereocenters. The molecule has 0 bridgehead atoms. The number of likely N-dealkylation sites (tertiary alicyclic amines) is 1. The third kappa shape index (κ3) is 3.87. The van der Waals surface area contributed by atoms with E-state index < -0.39 is 0 Å². The van der Waals surface area contributed by atoms with E-state index in [1.807, 2.05) is 0 Å². The maximum absolute atomic E-state index is 12.8. The number of ether oxygens (including phenoxy) is 2. The fourth-order valence-corrected chi connectivity index (χ4v) is 5.32. The van der Waals surface area contributed by atoms with Crippen LogP contribution in [0.15, 0.2) is 11.6 Å². The van der Waals surface area contributed by atoms with Gasteiger partial charge >= 0.3 is 5.97 Å². The van der Waals surface area contributed by atoms with Crippen LogP contribution in [-0.4, -0.2) is 48.3 Å². The molecule has 0 aromatic rings. The fraction of sp³-hybridized carbons (Fsp3) is 0.864. The summed E-state index contributed by atoms with van der Waals surface area (Å²) in [6, 6.07) is 0. The molecule has 0 aromatic heterocycles. The zero-order chi connectivity index (χ0) is 18.1. The van der Waals surface area contributed by atoms with Gasteiger partial charge in [-0.1, -0.05) is 30.9 Å². The number of epoxide rings is 1. The molecule has 0 radical (unpaired) electrons. The van der Waals surface area contributed by atoms with Crippen molar-refractivity contribution >= 4 is 5.97 Å². The van der Waals surface area contributed by atoms with E-state index in [1.54, 1.807) is 0 Å². The van der Waals surface area contributed by atoms with E-state index in [2.05, 4.69) is 24.8 Å². The van der Waals surface area contributed by atoms with Crippen LogP contribution in [-0.2, 0) is 14.3 Å². The lowest BCUT2D eigenvalue weighted by molar-refractivity contribution is -0.145. The Labute approximate surface area is 158 Å². The lowest BCUT2D eigenvalue weighted by atomic mass is 9.80. The lowest BCUT2D eigenvalue weighted by Crippen LogP contribution is -2.38. The Morgan fingerprint density at radius 2 is 1.92 bits per heavy atom. The van der Waals surface area contributed by atoms with Crippen LogP contribution in [0.3, 0.4) is 0 Å². The minimum Gasteiger partial charge on any atom is -0.459 e. The van der Waals surface area contributed by atoms with Crippen LogP contribution in [0.4, 0.5) is 0 Å². The molecule has 4 aliphatic rings. The van der Waals surface area contributed by atoms with Crippen LogP contribution in [0.2, 0.25) is 0 Å². The summed E-state index contributed by atoms with van der Waals surface area (Å²) < 4.78 is 12.0. The van der Waals surface area contributed by atoms with Crippen molar-refractivity contribution in [3.8, 4) is 0 Å². The standard InChI is InChI=1S/C22H35NO3/c1-16-9-8-12-22(2)20(26-22)19-17(11-10-16)18(21(24)25-19)15-23-13-6-4-3-5-7-14-23/h9,17-20H,3-8,10-15H2,1-2H3/b16-9+/t17?,18-,19?,20?,22+/m0/s1. The van der Waals surface area contributed by atoms with E-state index in [-0.39, 0.29) is 29.7 Å². The van der Waals surface area contributed by atoms with Gasteiger partial charge in [0.25, 0.3) is 0 Å². The van der Waals surface area contributed by atoms with Crippen molar-refractivity contribution in [1.82, 2.24) is 4.90 Å². The van der Waals surface area contributed by atoms with Crippen LogP contribution < -0.4 is 0 Å². The van der Waals surface area contributed by atoms with Gasteiger partial charge in [-0.3, -0.25) is 4.79 Å². The Bertz CT molecular complexity index is 552. The summed E-state index contributed by atoms with van der Waals surface area (Å²) in [7, 11) is 0. The molecule has 3 aliphatic heterocycles. The molecule has 146 valence electrons. The Kier molecular flexibility index (Phi) is 5.43. The largest absolute Gasteiger partial charge is 0.459 e. The highest BCUT2D eigenvalue weighted by Crippen LogP contribution is 2.50. The topological polar surface area (TPSA) is 42.1 Å². The van der Waals surface area contributed by atoms with Crippen molar-refractivity contribution in [3.63, 3.8) is 0 Å². The number of allylic oxidation sites excluding steroid dienone is 2. The summed E-state index contributed by atoms with van der Waals surface area (Å²) in [5, 5.41) is 0. The van der Waals surface area contributed by atoms with Gasteiger partial charge in [-0.25, -0.2) is 0 Å². The summed E-state index contributed by atoms with van der Waals surface area (Å²) in [5.41, 5.74) is 1.36. The smallest absolute Gasteiger partial charge is 0.311 e. The molecule has 3 heterocycles. The maximum atomic E-state index is 12.8. The first kappa shape index (κ1) is 18.5. The van der Waals surface area contributed by atoms with Gasteiger partial charge in [-0.05, 0) is 65.5 Å². The number of carbonyl (C=O) groups is 1. The molecule has 3 unspecified atom stereocenters. The minimum absolute atomic E-state index is 0.0279. The predicted octanol–water partition coefficient (Wildman–Crippen LogP) is 4.09. The molecule has 0 saturated carbocycles. The van der Waals surface area contributed by atoms with E-state index >= 15 is 0 Å². The molecule has 1 aliphatic carbocycles. The van der Waals surface area contributed by atoms with Gasteiger partial charge in [0.2, 0.25) is 0 Å². The number of nitrogens with zero attached hydrogens (tertiary/aromatic N) is 1. The van der Waals surface area contributed by atoms with Crippen molar-refractivity contribution in [2.45, 2.75) is 89.4 Å². The van der Waals surface area contributed by atoms with Gasteiger partial charge in [0.15, 0.2) is 0 Å². The zero-order valence-corrected chi connectivity index (χ0v) is 16.5. The zero-order valence-electron chi connectivity index (χ0n) is 16.5. The van der Waals surface area contributed by atoms with Gasteiger partial charge in [0, 0.05) is 12.5 Å².